The number of carbonyl (C=O) groups is 2. The molecular weight excluding hydrogens is 338 g/mol. The lowest BCUT2D eigenvalue weighted by molar-refractivity contribution is -0.116. The van der Waals surface area contributed by atoms with Gasteiger partial charge >= 0.3 is 0 Å². The minimum atomic E-state index is -0.0956. The lowest BCUT2D eigenvalue weighted by Gasteiger charge is -2.22. The van der Waals surface area contributed by atoms with Gasteiger partial charge < -0.3 is 10.6 Å². The molecule has 0 fully saturated rings. The van der Waals surface area contributed by atoms with Gasteiger partial charge in [0.15, 0.2) is 0 Å². The fourth-order valence-electron chi connectivity index (χ4n) is 3.14. The Balaban J connectivity index is 1.67. The lowest BCUT2D eigenvalue weighted by atomic mass is 10.00. The van der Waals surface area contributed by atoms with Crippen molar-refractivity contribution in [1.82, 2.24) is 10.2 Å². The van der Waals surface area contributed by atoms with Crippen LogP contribution in [-0.2, 0) is 24.3 Å². The number of carbonyl (C=O) groups excluding carboxylic acids is 2. The van der Waals surface area contributed by atoms with Gasteiger partial charge in [-0.25, -0.2) is 0 Å². The summed E-state index contributed by atoms with van der Waals surface area (Å²) in [6, 6.07) is 14.1. The van der Waals surface area contributed by atoms with Crippen LogP contribution in [0, 0.1) is 0 Å². The maximum absolute atomic E-state index is 12.6. The van der Waals surface area contributed by atoms with E-state index < -0.39 is 0 Å². The zero-order valence-electron chi connectivity index (χ0n) is 16.2. The second kappa shape index (κ2) is 8.35. The van der Waals surface area contributed by atoms with E-state index in [4.69, 9.17) is 0 Å². The Morgan fingerprint density at radius 2 is 1.89 bits per heavy atom. The van der Waals surface area contributed by atoms with Crippen LogP contribution < -0.4 is 10.6 Å². The lowest BCUT2D eigenvalue weighted by Crippen LogP contribution is -2.28. The number of nitrogens with one attached hydrogen (secondary N) is 2. The van der Waals surface area contributed by atoms with Gasteiger partial charge in [0, 0.05) is 36.8 Å². The van der Waals surface area contributed by atoms with Crippen LogP contribution in [0.25, 0.3) is 0 Å². The van der Waals surface area contributed by atoms with Crippen LogP contribution in [0.2, 0.25) is 0 Å². The molecule has 1 heterocycles. The predicted octanol–water partition coefficient (Wildman–Crippen LogP) is 3.34. The number of rotatable bonds is 6. The van der Waals surface area contributed by atoms with E-state index in [1.165, 1.54) is 5.56 Å². The van der Waals surface area contributed by atoms with E-state index in [1.807, 2.05) is 24.3 Å². The number of fused-ring (bicyclic) bond motifs is 1. The third kappa shape index (κ3) is 4.74. The number of benzene rings is 2. The molecule has 2 aromatic rings. The number of amides is 2. The molecule has 3 rings (SSSR count). The monoisotopic (exact) mass is 365 g/mol. The van der Waals surface area contributed by atoms with Crippen molar-refractivity contribution >= 4 is 17.5 Å². The zero-order chi connectivity index (χ0) is 19.4. The van der Waals surface area contributed by atoms with Crippen molar-refractivity contribution < 1.29 is 9.59 Å². The summed E-state index contributed by atoms with van der Waals surface area (Å²) in [6.07, 6.45) is 1.14. The largest absolute Gasteiger partial charge is 0.348 e. The molecule has 0 bridgehead atoms. The number of hydrogen-bond donors (Lipinski definition) is 2. The Kier molecular flexibility index (Phi) is 5.91. The molecule has 0 aromatic heterocycles. The topological polar surface area (TPSA) is 61.4 Å². The van der Waals surface area contributed by atoms with Gasteiger partial charge in [0.05, 0.1) is 0 Å². The van der Waals surface area contributed by atoms with Crippen molar-refractivity contribution in [2.75, 3.05) is 12.4 Å². The molecule has 1 aliphatic heterocycles. The number of hydrogen-bond acceptors (Lipinski definition) is 3. The molecule has 0 radical (unpaired) electrons. The van der Waals surface area contributed by atoms with Crippen LogP contribution in [0.3, 0.4) is 0 Å². The van der Waals surface area contributed by atoms with E-state index in [-0.39, 0.29) is 11.8 Å². The van der Waals surface area contributed by atoms with E-state index in [2.05, 4.69) is 48.6 Å². The fourth-order valence-corrected chi connectivity index (χ4v) is 3.14. The van der Waals surface area contributed by atoms with E-state index in [1.54, 1.807) is 6.07 Å². The average molecular weight is 365 g/mol. The average Bonchev–Trinajstić information content (AvgIpc) is 2.66. The summed E-state index contributed by atoms with van der Waals surface area (Å²) < 4.78 is 0. The van der Waals surface area contributed by atoms with Crippen molar-refractivity contribution in [1.29, 1.82) is 0 Å². The van der Waals surface area contributed by atoms with Crippen LogP contribution in [0.15, 0.2) is 42.5 Å². The van der Waals surface area contributed by atoms with Crippen molar-refractivity contribution in [3.63, 3.8) is 0 Å². The smallest absolute Gasteiger partial charge is 0.251 e. The maximum Gasteiger partial charge on any atom is 0.251 e. The summed E-state index contributed by atoms with van der Waals surface area (Å²) in [6.45, 7) is 5.68. The molecule has 0 spiro atoms. The third-order valence-corrected chi connectivity index (χ3v) is 5.12. The van der Waals surface area contributed by atoms with Gasteiger partial charge in [-0.3, -0.25) is 14.5 Å². The quantitative estimate of drug-likeness (QED) is 0.825. The summed E-state index contributed by atoms with van der Waals surface area (Å²) in [5.41, 5.74) is 4.80. The van der Waals surface area contributed by atoms with E-state index in [0.29, 0.717) is 31.0 Å². The second-order valence-corrected chi connectivity index (χ2v) is 7.38. The molecule has 0 saturated carbocycles. The normalized spacial score (nSPS) is 13.4. The molecule has 2 N–H and O–H groups in total. The number of aryl methyl sites for hydroxylation is 1. The summed E-state index contributed by atoms with van der Waals surface area (Å²) in [7, 11) is 2.10. The van der Waals surface area contributed by atoms with E-state index in [0.717, 1.165) is 23.4 Å². The first-order valence-electron chi connectivity index (χ1n) is 9.42. The molecule has 5 heteroatoms. The summed E-state index contributed by atoms with van der Waals surface area (Å²) in [5.74, 6) is -0.0654. The highest BCUT2D eigenvalue weighted by Crippen LogP contribution is 2.23. The molecule has 5 nitrogen and oxygen atoms in total. The predicted molar refractivity (Wildman–Crippen MR) is 108 cm³/mol. The molecular formula is C22H27N3O2. The molecule has 142 valence electrons. The van der Waals surface area contributed by atoms with Gasteiger partial charge in [0.25, 0.3) is 5.91 Å². The van der Waals surface area contributed by atoms with Gasteiger partial charge in [-0.15, -0.1) is 0 Å². The van der Waals surface area contributed by atoms with Crippen LogP contribution >= 0.6 is 0 Å². The van der Waals surface area contributed by atoms with Crippen LogP contribution in [0.5, 0.6) is 0 Å². The van der Waals surface area contributed by atoms with Gasteiger partial charge in [-0.1, -0.05) is 24.3 Å². The van der Waals surface area contributed by atoms with Crippen molar-refractivity contribution in [2.45, 2.75) is 45.8 Å². The van der Waals surface area contributed by atoms with Crippen LogP contribution in [0.4, 0.5) is 5.69 Å². The molecule has 0 saturated heterocycles. The second-order valence-electron chi connectivity index (χ2n) is 7.38. The Morgan fingerprint density at radius 3 is 2.63 bits per heavy atom. The maximum atomic E-state index is 12.6. The minimum Gasteiger partial charge on any atom is -0.348 e. The zero-order valence-corrected chi connectivity index (χ0v) is 16.2. The number of anilines is 1. The SMILES string of the molecule is CC(C)N(C)Cc1ccccc1CNC(=O)c1ccc2c(c1)CCC(=O)N2. The fraction of sp³-hybridized carbons (Fsp3) is 0.364. The molecule has 27 heavy (non-hydrogen) atoms. The van der Waals surface area contributed by atoms with E-state index >= 15 is 0 Å². The first-order valence-corrected chi connectivity index (χ1v) is 9.42. The van der Waals surface area contributed by atoms with Crippen molar-refractivity contribution in [2.24, 2.45) is 0 Å². The van der Waals surface area contributed by atoms with Gasteiger partial charge in [-0.2, -0.15) is 0 Å². The Bertz CT molecular complexity index is 845. The first kappa shape index (κ1) is 19.1. The van der Waals surface area contributed by atoms with Crippen LogP contribution in [-0.4, -0.2) is 29.8 Å². The highest BCUT2D eigenvalue weighted by Gasteiger charge is 2.17. The molecule has 2 amide bonds. The first-order chi connectivity index (χ1) is 12.9. The van der Waals surface area contributed by atoms with Gasteiger partial charge in [0.2, 0.25) is 5.91 Å². The molecule has 2 aromatic carbocycles. The molecule has 0 aliphatic carbocycles. The summed E-state index contributed by atoms with van der Waals surface area (Å²) in [5, 5.41) is 5.87. The molecule has 0 unspecified atom stereocenters. The van der Waals surface area contributed by atoms with Crippen LogP contribution in [0.1, 0.15) is 47.3 Å². The highest BCUT2D eigenvalue weighted by molar-refractivity contribution is 5.97. The van der Waals surface area contributed by atoms with E-state index in [9.17, 15) is 9.59 Å². The van der Waals surface area contributed by atoms with Gasteiger partial charge in [-0.05, 0) is 62.2 Å². The van der Waals surface area contributed by atoms with Crippen molar-refractivity contribution in [3.05, 3.63) is 64.7 Å². The minimum absolute atomic E-state index is 0.0303. The van der Waals surface area contributed by atoms with Crippen molar-refractivity contribution in [3.8, 4) is 0 Å². The summed E-state index contributed by atoms with van der Waals surface area (Å²) in [4.78, 5) is 26.3. The summed E-state index contributed by atoms with van der Waals surface area (Å²) >= 11 is 0. The highest BCUT2D eigenvalue weighted by atomic mass is 16.2. The Morgan fingerprint density at radius 1 is 1.15 bits per heavy atom. The molecule has 1 aliphatic rings. The Labute approximate surface area is 160 Å². The molecule has 0 atom stereocenters. The standard InChI is InChI=1S/C22H27N3O2/c1-15(2)25(3)14-19-7-5-4-6-18(19)13-23-22(27)17-8-10-20-16(12-17)9-11-21(26)24-20/h4-8,10,12,15H,9,11,13-14H2,1-3H3,(H,23,27)(H,24,26). The van der Waals surface area contributed by atoms with Gasteiger partial charge in [0.1, 0.15) is 0 Å². The third-order valence-electron chi connectivity index (χ3n) is 5.12. The number of nitrogens with zero attached hydrogens (tertiary/aromatic N) is 1. The Hall–Kier alpha value is -2.66.